The first-order valence-corrected chi connectivity index (χ1v) is 19.1. The number of methoxy groups -OCH3 is 1. The molecule has 2 aliphatic carbocycles. The quantitative estimate of drug-likeness (QED) is 0.397. The topological polar surface area (TPSA) is 174 Å². The smallest absolute Gasteiger partial charge is 0.414 e. The third kappa shape index (κ3) is 7.49. The zero-order valence-electron chi connectivity index (χ0n) is 29.6. The number of carbonyl (C=O) groups is 4. The van der Waals surface area contributed by atoms with Crippen LogP contribution in [0.2, 0.25) is 0 Å². The van der Waals surface area contributed by atoms with E-state index in [1.54, 1.807) is 12.3 Å². The molecule has 3 fully saturated rings. The first-order chi connectivity index (χ1) is 24.2. The Kier molecular flexibility index (Phi) is 9.96. The van der Waals surface area contributed by atoms with E-state index in [4.69, 9.17) is 14.2 Å². The molecule has 15 heteroatoms. The van der Waals surface area contributed by atoms with Crippen molar-refractivity contribution in [2.24, 2.45) is 11.3 Å². The highest BCUT2D eigenvalue weighted by Crippen LogP contribution is 2.46. The van der Waals surface area contributed by atoms with Crippen LogP contribution >= 0.6 is 0 Å². The summed E-state index contributed by atoms with van der Waals surface area (Å²) >= 11 is 0. The minimum Gasteiger partial charge on any atom is -0.495 e. The third-order valence-corrected chi connectivity index (χ3v) is 12.0. The van der Waals surface area contributed by atoms with Crippen LogP contribution in [0.25, 0.3) is 6.08 Å². The lowest BCUT2D eigenvalue weighted by molar-refractivity contribution is -0.145. The Morgan fingerprint density at radius 1 is 1.18 bits per heavy atom. The second-order valence-corrected chi connectivity index (χ2v) is 17.0. The Morgan fingerprint density at radius 2 is 1.94 bits per heavy atom. The molecule has 4 bridgehead atoms. The van der Waals surface area contributed by atoms with Gasteiger partial charge in [-0.05, 0) is 74.1 Å². The van der Waals surface area contributed by atoms with E-state index in [0.717, 1.165) is 18.4 Å². The van der Waals surface area contributed by atoms with E-state index in [0.29, 0.717) is 42.9 Å². The fourth-order valence-electron chi connectivity index (χ4n) is 7.14. The van der Waals surface area contributed by atoms with Gasteiger partial charge in [0.25, 0.3) is 5.91 Å². The molecular formula is C36H47N5O9S. The number of aromatic nitrogens is 1. The number of nitrogens with zero attached hydrogens (tertiary/aromatic N) is 3. The monoisotopic (exact) mass is 725 g/mol. The molecule has 6 rings (SSSR count). The average molecular weight is 726 g/mol. The Morgan fingerprint density at radius 3 is 2.61 bits per heavy atom. The van der Waals surface area contributed by atoms with Crippen LogP contribution in [0.1, 0.15) is 77.7 Å². The van der Waals surface area contributed by atoms with Gasteiger partial charge in [0, 0.05) is 24.1 Å². The maximum atomic E-state index is 14.9. The van der Waals surface area contributed by atoms with E-state index in [1.807, 2.05) is 32.9 Å². The second-order valence-electron chi connectivity index (χ2n) is 15.0. The summed E-state index contributed by atoms with van der Waals surface area (Å²) in [6, 6.07) is 1.32. The molecule has 0 unspecified atom stereocenters. The molecule has 2 N–H and O–H groups in total. The number of sulfonamides is 1. The maximum Gasteiger partial charge on any atom is 0.414 e. The summed E-state index contributed by atoms with van der Waals surface area (Å²) in [5.41, 5.74) is -0.989. The lowest BCUT2D eigenvalue weighted by Gasteiger charge is -2.40. The van der Waals surface area contributed by atoms with Crippen LogP contribution in [0.3, 0.4) is 0 Å². The molecule has 1 aromatic heterocycles. The van der Waals surface area contributed by atoms with Crippen molar-refractivity contribution in [3.05, 3.63) is 54.1 Å². The highest BCUT2D eigenvalue weighted by molar-refractivity contribution is 7.91. The molecule has 2 saturated carbocycles. The van der Waals surface area contributed by atoms with Gasteiger partial charge in [-0.1, -0.05) is 26.8 Å². The Hall–Kier alpha value is -4.40. The second kappa shape index (κ2) is 14.0. The van der Waals surface area contributed by atoms with Crippen LogP contribution in [0, 0.1) is 11.3 Å². The number of rotatable bonds is 7. The minimum absolute atomic E-state index is 0.0278. The molecule has 5 atom stereocenters. The van der Waals surface area contributed by atoms with Crippen molar-refractivity contribution >= 4 is 39.9 Å². The van der Waals surface area contributed by atoms with E-state index in [2.05, 4.69) is 21.6 Å². The van der Waals surface area contributed by atoms with Crippen molar-refractivity contribution in [1.82, 2.24) is 24.8 Å². The van der Waals surface area contributed by atoms with Crippen LogP contribution in [-0.2, 0) is 33.9 Å². The van der Waals surface area contributed by atoms with Crippen molar-refractivity contribution < 1.29 is 41.8 Å². The molecule has 5 aliphatic rings. The Balaban J connectivity index is 1.42. The SMILES string of the molecule is C=C[C@@H]1C[C@]1(NC(=O)[C@@H]1C[C@H]2CN1C(=O)[C@H](C(C)(C)C)N1C=C(OC)C(=Cc3cccnc3O2)CCCCCOC1=O)C(=O)NS(=O)(=O)C1CC1. The van der Waals surface area contributed by atoms with Gasteiger partial charge < -0.3 is 24.4 Å². The molecule has 0 aromatic carbocycles. The minimum atomic E-state index is -3.89. The number of nitrogens with one attached hydrogen (secondary N) is 2. The van der Waals surface area contributed by atoms with Gasteiger partial charge in [0.1, 0.15) is 29.5 Å². The van der Waals surface area contributed by atoms with Crippen molar-refractivity contribution in [3.63, 3.8) is 0 Å². The average Bonchev–Trinajstić information content (AvgIpc) is 4.00. The van der Waals surface area contributed by atoms with Crippen LogP contribution in [-0.4, -0.2) is 96.3 Å². The lowest BCUT2D eigenvalue weighted by atomic mass is 9.84. The summed E-state index contributed by atoms with van der Waals surface area (Å²) in [4.78, 5) is 63.7. The number of carbonyl (C=O) groups excluding carboxylic acids is 4. The summed E-state index contributed by atoms with van der Waals surface area (Å²) in [7, 11) is -2.40. The number of amides is 4. The largest absolute Gasteiger partial charge is 0.495 e. The summed E-state index contributed by atoms with van der Waals surface area (Å²) in [6.45, 7) is 9.37. The first kappa shape index (κ1) is 36.4. The fourth-order valence-corrected chi connectivity index (χ4v) is 8.50. The summed E-state index contributed by atoms with van der Waals surface area (Å²) < 4.78 is 45.6. The van der Waals surface area contributed by atoms with E-state index in [-0.39, 0.29) is 26.0 Å². The summed E-state index contributed by atoms with van der Waals surface area (Å²) in [6.07, 6.45) is 9.04. The molecular weight excluding hydrogens is 678 g/mol. The third-order valence-electron chi connectivity index (χ3n) is 10.2. The van der Waals surface area contributed by atoms with E-state index in [9.17, 15) is 27.6 Å². The number of hydrogen-bond acceptors (Lipinski definition) is 10. The molecule has 0 radical (unpaired) electrons. The predicted molar refractivity (Wildman–Crippen MR) is 186 cm³/mol. The molecule has 4 heterocycles. The lowest BCUT2D eigenvalue weighted by Crippen LogP contribution is -2.60. The predicted octanol–water partition coefficient (Wildman–Crippen LogP) is 3.41. The molecule has 0 spiro atoms. The fraction of sp³-hybridized carbons (Fsp3) is 0.583. The van der Waals surface area contributed by atoms with E-state index in [1.165, 1.54) is 29.2 Å². The van der Waals surface area contributed by atoms with Gasteiger partial charge in [-0.2, -0.15) is 0 Å². The Labute approximate surface area is 298 Å². The van der Waals surface area contributed by atoms with Gasteiger partial charge in [-0.25, -0.2) is 18.2 Å². The zero-order valence-corrected chi connectivity index (χ0v) is 30.4. The molecule has 51 heavy (non-hydrogen) atoms. The number of fused-ring (bicyclic) bond motifs is 5. The molecule has 4 amide bonds. The number of cyclic esters (lactones) is 1. The van der Waals surface area contributed by atoms with Gasteiger partial charge in [0.05, 0.1) is 31.7 Å². The van der Waals surface area contributed by atoms with Crippen molar-refractivity contribution in [3.8, 4) is 5.88 Å². The van der Waals surface area contributed by atoms with Crippen LogP contribution < -0.4 is 14.8 Å². The van der Waals surface area contributed by atoms with Crippen LogP contribution in [0.4, 0.5) is 4.79 Å². The van der Waals surface area contributed by atoms with Gasteiger partial charge in [-0.3, -0.25) is 24.0 Å². The highest BCUT2D eigenvalue weighted by atomic mass is 32.2. The number of pyridine rings is 1. The van der Waals surface area contributed by atoms with Crippen molar-refractivity contribution in [1.29, 1.82) is 0 Å². The first-order valence-electron chi connectivity index (χ1n) is 17.5. The van der Waals surface area contributed by atoms with E-state index >= 15 is 0 Å². The van der Waals surface area contributed by atoms with E-state index < -0.39 is 74.1 Å². The number of allylic oxidation sites excluding steroid dienone is 1. The van der Waals surface area contributed by atoms with Crippen LogP contribution in [0.15, 0.2) is 48.5 Å². The van der Waals surface area contributed by atoms with Crippen LogP contribution in [0.5, 0.6) is 5.88 Å². The standard InChI is InChI=1S/C36H47N5O9S/c1-6-24-19-36(24,33(44)39-51(46,47)26-13-14-26)38-30(42)27-18-25-20-40(27)32(43)29(35(2,3)4)41-21-28(48-5)22(11-8-7-9-16-49-34(41)45)17-23-12-10-15-37-31(23)50-25/h6,10,12,15,17,21,24-27,29H,1,7-9,11,13-14,16,18-20H2,2-5H3,(H,38,42)(H,39,44)/t24-,25+,27+,29-,36-/m1/s1. The van der Waals surface area contributed by atoms with Gasteiger partial charge in [0.15, 0.2) is 0 Å². The van der Waals surface area contributed by atoms with Crippen molar-refractivity contribution in [2.75, 3.05) is 20.3 Å². The highest BCUT2D eigenvalue weighted by Gasteiger charge is 2.62. The summed E-state index contributed by atoms with van der Waals surface area (Å²) in [5, 5.41) is 2.17. The van der Waals surface area contributed by atoms with Gasteiger partial charge >= 0.3 is 6.09 Å². The summed E-state index contributed by atoms with van der Waals surface area (Å²) in [5.74, 6) is -1.89. The number of ether oxygens (including phenoxy) is 3. The molecule has 3 aliphatic heterocycles. The normalized spacial score (nSPS) is 28.5. The van der Waals surface area contributed by atoms with Crippen molar-refractivity contribution in [2.45, 2.75) is 101 Å². The Bertz CT molecular complexity index is 1770. The molecule has 276 valence electrons. The zero-order chi connectivity index (χ0) is 36.7. The number of hydrogen-bond donors (Lipinski definition) is 2. The van der Waals surface area contributed by atoms with Gasteiger partial charge in [0.2, 0.25) is 27.7 Å². The van der Waals surface area contributed by atoms with Gasteiger partial charge in [-0.15, -0.1) is 6.58 Å². The molecule has 1 saturated heterocycles. The molecule has 1 aromatic rings. The molecule has 14 nitrogen and oxygen atoms in total. The maximum absolute atomic E-state index is 14.9.